The van der Waals surface area contributed by atoms with Gasteiger partial charge in [-0.05, 0) is 36.4 Å². The number of hydrogen-bond donors (Lipinski definition) is 1. The highest BCUT2D eigenvalue weighted by Gasteiger charge is 2.16. The van der Waals surface area contributed by atoms with Gasteiger partial charge in [0.1, 0.15) is 11.6 Å². The van der Waals surface area contributed by atoms with E-state index >= 15 is 0 Å². The molecule has 1 heterocycles. The Balaban J connectivity index is 1.82. The Bertz CT molecular complexity index is 1000. The van der Waals surface area contributed by atoms with Crippen molar-refractivity contribution in [2.24, 2.45) is 0 Å². The SMILES string of the molecule is O=S(=O)(Nc1cccc(Oc2ncccn2)c1)c1ccc(F)c(Cl)c1. The lowest BCUT2D eigenvalue weighted by atomic mass is 10.3. The van der Waals surface area contributed by atoms with E-state index in [1.54, 1.807) is 24.3 Å². The maximum Gasteiger partial charge on any atom is 0.321 e. The van der Waals surface area contributed by atoms with Gasteiger partial charge < -0.3 is 4.74 Å². The quantitative estimate of drug-likeness (QED) is 0.728. The molecule has 1 aromatic heterocycles. The van der Waals surface area contributed by atoms with Gasteiger partial charge in [0, 0.05) is 18.5 Å². The molecule has 0 atom stereocenters. The van der Waals surface area contributed by atoms with Gasteiger partial charge in [-0.1, -0.05) is 17.7 Å². The van der Waals surface area contributed by atoms with E-state index in [4.69, 9.17) is 16.3 Å². The number of sulfonamides is 1. The van der Waals surface area contributed by atoms with E-state index in [2.05, 4.69) is 14.7 Å². The molecule has 2 aromatic carbocycles. The topological polar surface area (TPSA) is 81.2 Å². The van der Waals surface area contributed by atoms with Gasteiger partial charge in [-0.3, -0.25) is 4.72 Å². The van der Waals surface area contributed by atoms with Crippen LogP contribution in [0.5, 0.6) is 11.8 Å². The number of hydrogen-bond acceptors (Lipinski definition) is 5. The summed E-state index contributed by atoms with van der Waals surface area (Å²) in [5.74, 6) is -0.345. The Kier molecular flexibility index (Phi) is 4.82. The molecule has 0 spiro atoms. The lowest BCUT2D eigenvalue weighted by molar-refractivity contribution is 0.442. The Labute approximate surface area is 148 Å². The van der Waals surface area contributed by atoms with Crippen LogP contribution in [0.1, 0.15) is 0 Å². The summed E-state index contributed by atoms with van der Waals surface area (Å²) in [5.41, 5.74) is 0.258. The first-order valence-corrected chi connectivity index (χ1v) is 8.83. The molecule has 25 heavy (non-hydrogen) atoms. The highest BCUT2D eigenvalue weighted by atomic mass is 35.5. The summed E-state index contributed by atoms with van der Waals surface area (Å²) in [4.78, 5) is 7.69. The van der Waals surface area contributed by atoms with E-state index in [1.165, 1.54) is 18.5 Å². The Morgan fingerprint density at radius 1 is 1.04 bits per heavy atom. The third-order valence-electron chi connectivity index (χ3n) is 3.04. The average molecular weight is 380 g/mol. The lowest BCUT2D eigenvalue weighted by Gasteiger charge is -2.10. The first-order valence-electron chi connectivity index (χ1n) is 6.97. The normalized spacial score (nSPS) is 11.1. The maximum atomic E-state index is 13.2. The minimum absolute atomic E-state index is 0.132. The molecule has 0 amide bonds. The zero-order chi connectivity index (χ0) is 17.9. The minimum Gasteiger partial charge on any atom is -0.424 e. The second kappa shape index (κ2) is 7.04. The lowest BCUT2D eigenvalue weighted by Crippen LogP contribution is -2.13. The smallest absolute Gasteiger partial charge is 0.321 e. The van der Waals surface area contributed by atoms with E-state index in [0.29, 0.717) is 5.75 Å². The van der Waals surface area contributed by atoms with Crippen LogP contribution in [0.4, 0.5) is 10.1 Å². The van der Waals surface area contributed by atoms with Crippen LogP contribution in [0.25, 0.3) is 0 Å². The van der Waals surface area contributed by atoms with Gasteiger partial charge >= 0.3 is 6.01 Å². The van der Waals surface area contributed by atoms with Crippen LogP contribution in [0.2, 0.25) is 5.02 Å². The summed E-state index contributed by atoms with van der Waals surface area (Å²) >= 11 is 5.64. The number of anilines is 1. The molecule has 0 bridgehead atoms. The highest BCUT2D eigenvalue weighted by molar-refractivity contribution is 7.92. The van der Waals surface area contributed by atoms with Crippen LogP contribution in [-0.4, -0.2) is 18.4 Å². The van der Waals surface area contributed by atoms with Gasteiger partial charge in [0.2, 0.25) is 0 Å². The van der Waals surface area contributed by atoms with Crippen LogP contribution in [0, 0.1) is 5.82 Å². The van der Waals surface area contributed by atoms with Crippen LogP contribution < -0.4 is 9.46 Å². The predicted molar refractivity (Wildman–Crippen MR) is 90.8 cm³/mol. The molecule has 128 valence electrons. The molecule has 0 aliphatic carbocycles. The van der Waals surface area contributed by atoms with Crippen LogP contribution in [-0.2, 0) is 10.0 Å². The Hall–Kier alpha value is -2.71. The molecule has 3 rings (SSSR count). The van der Waals surface area contributed by atoms with Gasteiger partial charge in [0.15, 0.2) is 0 Å². The van der Waals surface area contributed by atoms with E-state index in [-0.39, 0.29) is 21.6 Å². The van der Waals surface area contributed by atoms with Crippen molar-refractivity contribution in [3.63, 3.8) is 0 Å². The van der Waals surface area contributed by atoms with Gasteiger partial charge in [0.25, 0.3) is 10.0 Å². The van der Waals surface area contributed by atoms with Gasteiger partial charge in [-0.15, -0.1) is 0 Å². The van der Waals surface area contributed by atoms with E-state index in [9.17, 15) is 12.8 Å². The second-order valence-electron chi connectivity index (χ2n) is 4.84. The molecule has 0 saturated heterocycles. The summed E-state index contributed by atoms with van der Waals surface area (Å²) in [7, 11) is -3.93. The largest absolute Gasteiger partial charge is 0.424 e. The third-order valence-corrected chi connectivity index (χ3v) is 4.71. The molecule has 0 aliphatic rings. The fourth-order valence-corrected chi connectivity index (χ4v) is 3.25. The number of ether oxygens (including phenoxy) is 1. The minimum atomic E-state index is -3.93. The number of nitrogens with one attached hydrogen (secondary N) is 1. The zero-order valence-corrected chi connectivity index (χ0v) is 14.1. The molecule has 0 aliphatic heterocycles. The fraction of sp³-hybridized carbons (Fsp3) is 0. The van der Waals surface area contributed by atoms with E-state index in [0.717, 1.165) is 18.2 Å². The molecule has 3 aromatic rings. The summed E-state index contributed by atoms with van der Waals surface area (Å²) in [5, 5.41) is -0.277. The molecule has 9 heteroatoms. The number of aromatic nitrogens is 2. The molecular weight excluding hydrogens is 369 g/mol. The van der Waals surface area contributed by atoms with Gasteiger partial charge in [-0.25, -0.2) is 22.8 Å². The van der Waals surface area contributed by atoms with Crippen molar-refractivity contribution < 1.29 is 17.5 Å². The monoisotopic (exact) mass is 379 g/mol. The van der Waals surface area contributed by atoms with Crippen molar-refractivity contribution in [3.8, 4) is 11.8 Å². The van der Waals surface area contributed by atoms with Crippen molar-refractivity contribution in [2.45, 2.75) is 4.90 Å². The van der Waals surface area contributed by atoms with Crippen molar-refractivity contribution in [1.29, 1.82) is 0 Å². The highest BCUT2D eigenvalue weighted by Crippen LogP contribution is 2.25. The third kappa shape index (κ3) is 4.23. The van der Waals surface area contributed by atoms with Crippen LogP contribution in [0.3, 0.4) is 0 Å². The van der Waals surface area contributed by atoms with Crippen molar-refractivity contribution in [3.05, 3.63) is 71.8 Å². The Morgan fingerprint density at radius 2 is 1.80 bits per heavy atom. The molecule has 1 N–H and O–H groups in total. The maximum absolute atomic E-state index is 13.2. The summed E-state index contributed by atoms with van der Waals surface area (Å²) < 4.78 is 45.8. The number of nitrogens with zero attached hydrogens (tertiary/aromatic N) is 2. The summed E-state index contributed by atoms with van der Waals surface area (Å²) in [6, 6.07) is 11.2. The fourth-order valence-electron chi connectivity index (χ4n) is 1.92. The van der Waals surface area contributed by atoms with E-state index in [1.807, 2.05) is 0 Å². The standard InChI is InChI=1S/C16H11ClFN3O3S/c17-14-10-13(5-6-15(14)18)25(22,23)21-11-3-1-4-12(9-11)24-16-19-7-2-8-20-16/h1-10,21H. The van der Waals surface area contributed by atoms with Crippen LogP contribution in [0.15, 0.2) is 65.8 Å². The molecular formula is C16H11ClFN3O3S. The summed E-state index contributed by atoms with van der Waals surface area (Å²) in [6.45, 7) is 0. The predicted octanol–water partition coefficient (Wildman–Crippen LogP) is 3.86. The molecule has 0 radical (unpaired) electrons. The number of benzene rings is 2. The van der Waals surface area contributed by atoms with Crippen molar-refractivity contribution in [1.82, 2.24) is 9.97 Å². The molecule has 6 nitrogen and oxygen atoms in total. The molecule has 0 saturated carbocycles. The number of rotatable bonds is 5. The van der Waals surface area contributed by atoms with E-state index < -0.39 is 15.8 Å². The first kappa shape index (κ1) is 17.1. The Morgan fingerprint density at radius 3 is 2.52 bits per heavy atom. The zero-order valence-electron chi connectivity index (χ0n) is 12.6. The van der Waals surface area contributed by atoms with Gasteiger partial charge in [0.05, 0.1) is 15.6 Å². The van der Waals surface area contributed by atoms with Crippen molar-refractivity contribution >= 4 is 27.3 Å². The van der Waals surface area contributed by atoms with Crippen LogP contribution >= 0.6 is 11.6 Å². The molecule has 0 fully saturated rings. The average Bonchev–Trinajstić information content (AvgIpc) is 2.58. The number of halogens is 2. The molecule has 0 unspecified atom stereocenters. The second-order valence-corrected chi connectivity index (χ2v) is 6.93. The summed E-state index contributed by atoms with van der Waals surface area (Å²) in [6.07, 6.45) is 3.04. The van der Waals surface area contributed by atoms with Gasteiger partial charge in [-0.2, -0.15) is 0 Å². The first-order chi connectivity index (χ1) is 11.9. The van der Waals surface area contributed by atoms with Crippen molar-refractivity contribution in [2.75, 3.05) is 4.72 Å².